The van der Waals surface area contributed by atoms with E-state index >= 15 is 0 Å². The number of anilines is 1. The van der Waals surface area contributed by atoms with Crippen LogP contribution in [0.5, 0.6) is 0 Å². The van der Waals surface area contributed by atoms with Crippen LogP contribution in [0.1, 0.15) is 4.88 Å². The number of nitrogens with one attached hydrogen (secondary N) is 1. The highest BCUT2D eigenvalue weighted by Gasteiger charge is 2.11. The molecule has 0 fully saturated rings. The Hall–Kier alpha value is -1.56. The summed E-state index contributed by atoms with van der Waals surface area (Å²) in [6.45, 7) is 0.326. The molecular formula is C10H7F3N2S. The summed E-state index contributed by atoms with van der Waals surface area (Å²) in [4.78, 5) is 4.10. The molecule has 0 saturated carbocycles. The summed E-state index contributed by atoms with van der Waals surface area (Å²) in [5.74, 6) is -3.79. The Morgan fingerprint density at radius 3 is 2.75 bits per heavy atom. The lowest BCUT2D eigenvalue weighted by molar-refractivity contribution is 0.466. The number of halogens is 3. The fraction of sp³-hybridized carbons (Fsp3) is 0.100. The molecule has 0 bridgehead atoms. The zero-order valence-electron chi connectivity index (χ0n) is 8.01. The Morgan fingerprint density at radius 2 is 2.06 bits per heavy atom. The molecule has 0 radical (unpaired) electrons. The van der Waals surface area contributed by atoms with E-state index in [1.807, 2.05) is 17.5 Å². The zero-order chi connectivity index (χ0) is 11.5. The van der Waals surface area contributed by atoms with Crippen LogP contribution in [0.25, 0.3) is 0 Å². The SMILES string of the molecule is Fc1cc(F)c(NCc2cccs2)nc1F. The highest BCUT2D eigenvalue weighted by atomic mass is 32.1. The number of thiophene rings is 1. The van der Waals surface area contributed by atoms with Gasteiger partial charge in [-0.25, -0.2) is 8.78 Å². The predicted octanol–water partition coefficient (Wildman–Crippen LogP) is 3.17. The first-order valence-electron chi connectivity index (χ1n) is 4.44. The maximum Gasteiger partial charge on any atom is 0.251 e. The minimum atomic E-state index is -1.31. The minimum absolute atomic E-state index is 0.285. The second-order valence-electron chi connectivity index (χ2n) is 3.02. The zero-order valence-corrected chi connectivity index (χ0v) is 8.82. The van der Waals surface area contributed by atoms with Gasteiger partial charge in [-0.2, -0.15) is 9.37 Å². The molecule has 2 heterocycles. The topological polar surface area (TPSA) is 24.9 Å². The summed E-state index contributed by atoms with van der Waals surface area (Å²) in [7, 11) is 0. The third-order valence-corrected chi connectivity index (χ3v) is 2.77. The molecule has 16 heavy (non-hydrogen) atoms. The molecule has 0 atom stereocenters. The Labute approximate surface area is 93.8 Å². The van der Waals surface area contributed by atoms with Crippen molar-refractivity contribution in [1.82, 2.24) is 4.98 Å². The Bertz CT molecular complexity index is 485. The standard InChI is InChI=1S/C10H7F3N2S/c11-7-4-8(12)10(15-9(7)13)14-5-6-2-1-3-16-6/h1-4H,5H2,(H,14,15). The molecular weight excluding hydrogens is 237 g/mol. The fourth-order valence-electron chi connectivity index (χ4n) is 1.15. The third kappa shape index (κ3) is 2.33. The second-order valence-corrected chi connectivity index (χ2v) is 4.06. The first-order chi connectivity index (χ1) is 7.66. The third-order valence-electron chi connectivity index (χ3n) is 1.90. The molecule has 2 aromatic rings. The van der Waals surface area contributed by atoms with Gasteiger partial charge in [0.15, 0.2) is 17.5 Å². The van der Waals surface area contributed by atoms with Gasteiger partial charge in [0.05, 0.1) is 6.54 Å². The van der Waals surface area contributed by atoms with Gasteiger partial charge in [-0.15, -0.1) is 11.3 Å². The van der Waals surface area contributed by atoms with Crippen LogP contribution in [0.2, 0.25) is 0 Å². The molecule has 1 N–H and O–H groups in total. The van der Waals surface area contributed by atoms with Crippen LogP contribution < -0.4 is 5.32 Å². The van der Waals surface area contributed by atoms with Crippen molar-refractivity contribution in [2.75, 3.05) is 5.32 Å². The smallest absolute Gasteiger partial charge is 0.251 e. The van der Waals surface area contributed by atoms with Gasteiger partial charge in [-0.1, -0.05) is 6.07 Å². The van der Waals surface area contributed by atoms with Gasteiger partial charge in [-0.05, 0) is 11.4 Å². The number of hydrogen-bond acceptors (Lipinski definition) is 3. The Morgan fingerprint density at radius 1 is 1.25 bits per heavy atom. The number of pyridine rings is 1. The van der Waals surface area contributed by atoms with Gasteiger partial charge < -0.3 is 5.32 Å². The van der Waals surface area contributed by atoms with Gasteiger partial charge in [-0.3, -0.25) is 0 Å². The minimum Gasteiger partial charge on any atom is -0.363 e. The summed E-state index contributed by atoms with van der Waals surface area (Å²) in [5, 5.41) is 4.47. The Kier molecular flexibility index (Phi) is 3.09. The number of rotatable bonds is 3. The molecule has 0 amide bonds. The lowest BCUT2D eigenvalue weighted by atomic mass is 10.4. The molecule has 0 saturated heterocycles. The lowest BCUT2D eigenvalue weighted by Crippen LogP contribution is -2.05. The van der Waals surface area contributed by atoms with E-state index in [0.29, 0.717) is 12.6 Å². The molecule has 2 rings (SSSR count). The molecule has 2 aromatic heterocycles. The molecule has 6 heteroatoms. The second kappa shape index (κ2) is 4.52. The van der Waals surface area contributed by atoms with Gasteiger partial charge in [0.25, 0.3) is 5.95 Å². The van der Waals surface area contributed by atoms with E-state index in [1.165, 1.54) is 11.3 Å². The van der Waals surface area contributed by atoms with Crippen LogP contribution in [-0.2, 0) is 6.54 Å². The van der Waals surface area contributed by atoms with Gasteiger partial charge >= 0.3 is 0 Å². The van der Waals surface area contributed by atoms with Crippen LogP contribution in [0.4, 0.5) is 19.0 Å². The first kappa shape index (κ1) is 10.9. The molecule has 0 aliphatic rings. The Balaban J connectivity index is 2.12. The van der Waals surface area contributed by atoms with E-state index in [9.17, 15) is 13.2 Å². The van der Waals surface area contributed by atoms with E-state index in [1.54, 1.807) is 0 Å². The van der Waals surface area contributed by atoms with E-state index < -0.39 is 17.6 Å². The van der Waals surface area contributed by atoms with Gasteiger partial charge in [0.1, 0.15) is 0 Å². The summed E-state index contributed by atoms with van der Waals surface area (Å²) in [6.07, 6.45) is 0. The average Bonchev–Trinajstić information content (AvgIpc) is 2.74. The monoisotopic (exact) mass is 244 g/mol. The van der Waals surface area contributed by atoms with E-state index in [0.717, 1.165) is 4.88 Å². The van der Waals surface area contributed by atoms with Crippen LogP contribution in [0.3, 0.4) is 0 Å². The maximum atomic E-state index is 13.1. The van der Waals surface area contributed by atoms with Gasteiger partial charge in [0.2, 0.25) is 0 Å². The molecule has 0 unspecified atom stereocenters. The lowest BCUT2D eigenvalue weighted by Gasteiger charge is -2.05. The molecule has 0 spiro atoms. The van der Waals surface area contributed by atoms with E-state index in [2.05, 4.69) is 10.3 Å². The molecule has 0 aliphatic carbocycles. The van der Waals surface area contributed by atoms with Gasteiger partial charge in [0, 0.05) is 10.9 Å². The molecule has 0 aliphatic heterocycles. The largest absolute Gasteiger partial charge is 0.363 e. The van der Waals surface area contributed by atoms with Crippen LogP contribution >= 0.6 is 11.3 Å². The van der Waals surface area contributed by atoms with Crippen molar-refractivity contribution in [1.29, 1.82) is 0 Å². The van der Waals surface area contributed by atoms with Crippen molar-refractivity contribution in [3.05, 3.63) is 46.0 Å². The van der Waals surface area contributed by atoms with Crippen molar-refractivity contribution < 1.29 is 13.2 Å². The normalized spacial score (nSPS) is 10.4. The highest BCUT2D eigenvalue weighted by molar-refractivity contribution is 7.09. The summed E-state index contributed by atoms with van der Waals surface area (Å²) in [5.41, 5.74) is 0. The molecule has 84 valence electrons. The summed E-state index contributed by atoms with van der Waals surface area (Å²) in [6, 6.07) is 4.16. The van der Waals surface area contributed by atoms with E-state index in [-0.39, 0.29) is 5.82 Å². The quantitative estimate of drug-likeness (QED) is 0.839. The van der Waals surface area contributed by atoms with Crippen LogP contribution in [0.15, 0.2) is 23.6 Å². The molecule has 0 aromatic carbocycles. The van der Waals surface area contributed by atoms with Crippen molar-refractivity contribution in [3.8, 4) is 0 Å². The fourth-order valence-corrected chi connectivity index (χ4v) is 1.80. The summed E-state index contributed by atoms with van der Waals surface area (Å²) >= 11 is 1.47. The van der Waals surface area contributed by atoms with Crippen molar-refractivity contribution in [2.45, 2.75) is 6.54 Å². The average molecular weight is 244 g/mol. The highest BCUT2D eigenvalue weighted by Crippen LogP contribution is 2.16. The summed E-state index contributed by atoms with van der Waals surface area (Å²) < 4.78 is 38.4. The van der Waals surface area contributed by atoms with E-state index in [4.69, 9.17) is 0 Å². The maximum absolute atomic E-state index is 13.1. The van der Waals surface area contributed by atoms with Crippen LogP contribution in [-0.4, -0.2) is 4.98 Å². The first-order valence-corrected chi connectivity index (χ1v) is 5.32. The number of aromatic nitrogens is 1. The van der Waals surface area contributed by atoms with Crippen LogP contribution in [0, 0.1) is 17.6 Å². The number of hydrogen-bond donors (Lipinski definition) is 1. The number of nitrogens with zero attached hydrogens (tertiary/aromatic N) is 1. The van der Waals surface area contributed by atoms with Crippen molar-refractivity contribution >= 4 is 17.2 Å². The van der Waals surface area contributed by atoms with Crippen molar-refractivity contribution in [2.24, 2.45) is 0 Å². The predicted molar refractivity (Wildman–Crippen MR) is 55.8 cm³/mol. The van der Waals surface area contributed by atoms with Crippen molar-refractivity contribution in [3.63, 3.8) is 0 Å². The molecule has 2 nitrogen and oxygen atoms in total.